The molecule has 1 amide bonds. The molecule has 8 heteroatoms. The van der Waals surface area contributed by atoms with E-state index in [0.29, 0.717) is 18.0 Å². The van der Waals surface area contributed by atoms with Crippen LogP contribution in [-0.2, 0) is 13.1 Å². The van der Waals surface area contributed by atoms with Gasteiger partial charge < -0.3 is 10.1 Å². The third kappa shape index (κ3) is 5.91. The number of hydrogen-bond donors (Lipinski definition) is 2. The van der Waals surface area contributed by atoms with Gasteiger partial charge >= 0.3 is 0 Å². The first-order valence-corrected chi connectivity index (χ1v) is 10.0. The Balaban J connectivity index is 1.86. The Kier molecular flexibility index (Phi) is 7.37. The van der Waals surface area contributed by atoms with Crippen LogP contribution < -0.4 is 15.4 Å². The maximum atomic E-state index is 13.5. The van der Waals surface area contributed by atoms with E-state index in [0.717, 1.165) is 24.2 Å². The highest BCUT2D eigenvalue weighted by molar-refractivity contribution is 6.10. The molecule has 0 atom stereocenters. The summed E-state index contributed by atoms with van der Waals surface area (Å²) in [6.07, 6.45) is 2.94. The number of ether oxygens (including phenoxy) is 1. The molecule has 0 radical (unpaired) electrons. The van der Waals surface area contributed by atoms with Crippen molar-refractivity contribution in [3.05, 3.63) is 77.4 Å². The molecule has 0 bridgehead atoms. The molecule has 3 aromatic rings. The van der Waals surface area contributed by atoms with Gasteiger partial charge in [0.25, 0.3) is 5.91 Å². The number of aliphatic imine (C=N–C) groups is 1. The van der Waals surface area contributed by atoms with Gasteiger partial charge in [-0.25, -0.2) is 9.38 Å². The second-order valence-corrected chi connectivity index (χ2v) is 6.96. The van der Waals surface area contributed by atoms with E-state index in [1.165, 1.54) is 24.3 Å². The Hall–Kier alpha value is -3.68. The van der Waals surface area contributed by atoms with Crippen molar-refractivity contribution in [2.75, 3.05) is 12.4 Å². The van der Waals surface area contributed by atoms with Crippen molar-refractivity contribution in [1.82, 2.24) is 15.1 Å². The monoisotopic (exact) mass is 423 g/mol. The number of nitrogens with one attached hydrogen (secondary N) is 2. The number of carbonyl (C=O) groups is 1. The highest BCUT2D eigenvalue weighted by atomic mass is 19.1. The van der Waals surface area contributed by atoms with Gasteiger partial charge in [-0.2, -0.15) is 5.10 Å². The average Bonchev–Trinajstić information content (AvgIpc) is 3.11. The smallest absolute Gasteiger partial charge is 0.258 e. The lowest BCUT2D eigenvalue weighted by molar-refractivity contribution is 0.0976. The van der Waals surface area contributed by atoms with Gasteiger partial charge in [-0.15, -0.1) is 0 Å². The zero-order valence-electron chi connectivity index (χ0n) is 17.9. The van der Waals surface area contributed by atoms with E-state index in [9.17, 15) is 9.18 Å². The first-order valence-electron chi connectivity index (χ1n) is 10.0. The first-order chi connectivity index (χ1) is 15.0. The lowest BCUT2D eigenvalue weighted by Crippen LogP contribution is -2.36. The normalized spacial score (nSPS) is 11.3. The highest BCUT2D eigenvalue weighted by Crippen LogP contribution is 2.23. The molecule has 3 rings (SSSR count). The van der Waals surface area contributed by atoms with Gasteiger partial charge in [-0.3, -0.25) is 14.8 Å². The average molecular weight is 423 g/mol. The molecule has 2 aromatic carbocycles. The van der Waals surface area contributed by atoms with Crippen LogP contribution in [0.3, 0.4) is 0 Å². The molecule has 0 saturated carbocycles. The Bertz CT molecular complexity index is 1080. The van der Waals surface area contributed by atoms with Gasteiger partial charge in [0, 0.05) is 23.9 Å². The molecule has 31 heavy (non-hydrogen) atoms. The summed E-state index contributed by atoms with van der Waals surface area (Å²) in [6.45, 7) is 5.16. The number of para-hydroxylation sites is 2. The molecule has 0 aliphatic rings. The van der Waals surface area contributed by atoms with E-state index in [4.69, 9.17) is 4.74 Å². The van der Waals surface area contributed by atoms with E-state index >= 15 is 0 Å². The molecule has 1 heterocycles. The molecule has 0 saturated heterocycles. The van der Waals surface area contributed by atoms with Crippen molar-refractivity contribution < 1.29 is 13.9 Å². The Morgan fingerprint density at radius 3 is 2.77 bits per heavy atom. The summed E-state index contributed by atoms with van der Waals surface area (Å²) in [6, 6.07) is 12.8. The van der Waals surface area contributed by atoms with Crippen LogP contribution in [0.25, 0.3) is 0 Å². The number of methoxy groups -OCH3 is 1. The van der Waals surface area contributed by atoms with Crippen molar-refractivity contribution in [2.45, 2.75) is 33.4 Å². The fourth-order valence-corrected chi connectivity index (χ4v) is 3.02. The van der Waals surface area contributed by atoms with Crippen LogP contribution in [0.1, 0.15) is 35.0 Å². The van der Waals surface area contributed by atoms with Crippen LogP contribution in [0.4, 0.5) is 10.1 Å². The quantitative estimate of drug-likeness (QED) is 0.442. The lowest BCUT2D eigenvalue weighted by Gasteiger charge is -2.14. The number of hydrogen-bond acceptors (Lipinski definition) is 4. The third-order valence-corrected chi connectivity index (χ3v) is 4.59. The number of anilines is 1. The Labute approximate surface area is 181 Å². The van der Waals surface area contributed by atoms with Crippen molar-refractivity contribution in [2.24, 2.45) is 4.99 Å². The predicted octanol–water partition coefficient (Wildman–Crippen LogP) is 4.15. The highest BCUT2D eigenvalue weighted by Gasteiger charge is 2.13. The van der Waals surface area contributed by atoms with Crippen LogP contribution in [0, 0.1) is 12.7 Å². The molecular weight excluding hydrogens is 397 g/mol. The van der Waals surface area contributed by atoms with Gasteiger partial charge in [0.1, 0.15) is 11.6 Å². The lowest BCUT2D eigenvalue weighted by atomic mass is 10.2. The largest absolute Gasteiger partial charge is 0.495 e. The van der Waals surface area contributed by atoms with Gasteiger partial charge in [0.2, 0.25) is 5.96 Å². The SMILES string of the molecule is CCCn1cc(CN=C(NC(=O)c2cccc(F)c2)Nc2ccccc2OC)c(C)n1. The van der Waals surface area contributed by atoms with Crippen LogP contribution in [0.5, 0.6) is 5.75 Å². The standard InChI is InChI=1S/C23H26FN5O2/c1-4-12-29-15-18(16(2)28-29)14-25-23(26-20-10-5-6-11-21(20)31-3)27-22(30)17-8-7-9-19(24)13-17/h5-11,13,15H,4,12,14H2,1-3H3,(H2,25,26,27,30). The van der Waals surface area contributed by atoms with E-state index in [-0.39, 0.29) is 11.5 Å². The summed E-state index contributed by atoms with van der Waals surface area (Å²) in [5.74, 6) is -0.134. The zero-order valence-corrected chi connectivity index (χ0v) is 17.9. The maximum absolute atomic E-state index is 13.5. The summed E-state index contributed by atoms with van der Waals surface area (Å²) < 4.78 is 20.8. The molecule has 1 aromatic heterocycles. The minimum absolute atomic E-state index is 0.196. The molecular formula is C23H26FN5O2. The second kappa shape index (κ2) is 10.4. The molecule has 0 unspecified atom stereocenters. The molecule has 0 fully saturated rings. The van der Waals surface area contributed by atoms with E-state index < -0.39 is 11.7 Å². The molecule has 2 N–H and O–H groups in total. The number of nitrogens with zero attached hydrogens (tertiary/aromatic N) is 3. The number of rotatable bonds is 7. The van der Waals surface area contributed by atoms with E-state index in [1.807, 2.05) is 36.0 Å². The number of guanidine groups is 1. The van der Waals surface area contributed by atoms with E-state index in [2.05, 4.69) is 27.6 Å². The third-order valence-electron chi connectivity index (χ3n) is 4.59. The van der Waals surface area contributed by atoms with Crippen molar-refractivity contribution >= 4 is 17.6 Å². The number of carbonyl (C=O) groups excluding carboxylic acids is 1. The maximum Gasteiger partial charge on any atom is 0.258 e. The Morgan fingerprint density at radius 1 is 1.23 bits per heavy atom. The van der Waals surface area contributed by atoms with Crippen molar-refractivity contribution in [3.8, 4) is 5.75 Å². The van der Waals surface area contributed by atoms with Gasteiger partial charge in [-0.05, 0) is 43.7 Å². The summed E-state index contributed by atoms with van der Waals surface area (Å²) in [7, 11) is 1.56. The predicted molar refractivity (Wildman–Crippen MR) is 119 cm³/mol. The summed E-state index contributed by atoms with van der Waals surface area (Å²) in [4.78, 5) is 17.2. The fourth-order valence-electron chi connectivity index (χ4n) is 3.02. The number of benzene rings is 2. The Morgan fingerprint density at radius 2 is 2.03 bits per heavy atom. The van der Waals surface area contributed by atoms with Gasteiger partial charge in [0.05, 0.1) is 25.0 Å². The van der Waals surface area contributed by atoms with Gasteiger partial charge in [-0.1, -0.05) is 25.1 Å². The molecule has 0 spiro atoms. The van der Waals surface area contributed by atoms with E-state index in [1.54, 1.807) is 13.2 Å². The zero-order chi connectivity index (χ0) is 22.2. The van der Waals surface area contributed by atoms with Gasteiger partial charge in [0.15, 0.2) is 0 Å². The van der Waals surface area contributed by atoms with Crippen molar-refractivity contribution in [1.29, 1.82) is 0 Å². The summed E-state index contributed by atoms with van der Waals surface area (Å²) in [5.41, 5.74) is 2.67. The molecule has 162 valence electrons. The minimum Gasteiger partial charge on any atom is -0.495 e. The molecule has 0 aliphatic heterocycles. The van der Waals surface area contributed by atoms with Crippen LogP contribution >= 0.6 is 0 Å². The molecule has 0 aliphatic carbocycles. The first kappa shape index (κ1) is 22.0. The minimum atomic E-state index is -0.484. The second-order valence-electron chi connectivity index (χ2n) is 6.96. The number of aromatic nitrogens is 2. The van der Waals surface area contributed by atoms with Crippen LogP contribution in [-0.4, -0.2) is 28.8 Å². The summed E-state index contributed by atoms with van der Waals surface area (Å²) >= 11 is 0. The van der Waals surface area contributed by atoms with Crippen molar-refractivity contribution in [3.63, 3.8) is 0 Å². The molecule has 7 nitrogen and oxygen atoms in total. The number of halogens is 1. The number of amides is 1. The number of aryl methyl sites for hydroxylation is 2. The fraction of sp³-hybridized carbons (Fsp3) is 0.261. The topological polar surface area (TPSA) is 80.5 Å². The summed E-state index contributed by atoms with van der Waals surface area (Å²) in [5, 5.41) is 10.3. The van der Waals surface area contributed by atoms with Crippen LogP contribution in [0.15, 0.2) is 59.7 Å². The van der Waals surface area contributed by atoms with Crippen LogP contribution in [0.2, 0.25) is 0 Å².